The lowest BCUT2D eigenvalue weighted by molar-refractivity contribution is 0.305. The number of hydrogen-bond acceptors (Lipinski definition) is 2. The van der Waals surface area contributed by atoms with Crippen molar-refractivity contribution in [2.75, 3.05) is 13.7 Å². The summed E-state index contributed by atoms with van der Waals surface area (Å²) in [5, 5.41) is 0.804. The molecule has 0 radical (unpaired) electrons. The Balaban J connectivity index is 2.72. The fourth-order valence-electron chi connectivity index (χ4n) is 1.23. The summed E-state index contributed by atoms with van der Waals surface area (Å²) in [7, 11) is 1.67. The highest BCUT2D eigenvalue weighted by Gasteiger charge is 2.04. The molecule has 1 aromatic carbocycles. The predicted octanol–water partition coefficient (Wildman–Crippen LogP) is 3.77. The maximum Gasteiger partial charge on any atom is 0.127 e. The van der Waals surface area contributed by atoms with Gasteiger partial charge < -0.3 is 9.47 Å². The number of hydrogen-bond donors (Lipinski definition) is 0. The van der Waals surface area contributed by atoms with Crippen molar-refractivity contribution in [3.05, 3.63) is 23.8 Å². The maximum absolute atomic E-state index is 5.70. The van der Waals surface area contributed by atoms with Gasteiger partial charge in [-0.3, -0.25) is 0 Å². The lowest BCUT2D eigenvalue weighted by Gasteiger charge is -2.11. The molecule has 1 aromatic rings. The van der Waals surface area contributed by atoms with E-state index in [4.69, 9.17) is 9.47 Å². The summed E-state index contributed by atoms with van der Waals surface area (Å²) in [6.45, 7) is 2.92. The van der Waals surface area contributed by atoms with Crippen molar-refractivity contribution in [3.63, 3.8) is 0 Å². The summed E-state index contributed by atoms with van der Waals surface area (Å²) in [6.07, 6.45) is 2.23. The molecule has 15 heavy (non-hydrogen) atoms. The van der Waals surface area contributed by atoms with E-state index in [1.165, 1.54) is 0 Å². The summed E-state index contributed by atoms with van der Waals surface area (Å²) < 4.78 is 10.9. The Morgan fingerprint density at radius 1 is 1.33 bits per heavy atom. The highest BCUT2D eigenvalue weighted by molar-refractivity contribution is 9.08. The Morgan fingerprint density at radius 3 is 2.73 bits per heavy atom. The predicted molar refractivity (Wildman–Crippen MR) is 66.0 cm³/mol. The molecular weight excluding hydrogens is 256 g/mol. The van der Waals surface area contributed by atoms with E-state index in [1.54, 1.807) is 7.11 Å². The number of benzene rings is 1. The van der Waals surface area contributed by atoms with Crippen LogP contribution in [0.25, 0.3) is 0 Å². The molecule has 0 spiro atoms. The first-order valence-electron chi connectivity index (χ1n) is 5.17. The Kier molecular flexibility index (Phi) is 5.54. The number of ether oxygens (including phenoxy) is 2. The van der Waals surface area contributed by atoms with Gasteiger partial charge in [-0.1, -0.05) is 35.3 Å². The lowest BCUT2D eigenvalue weighted by atomic mass is 10.2. The number of rotatable bonds is 6. The third-order valence-electron chi connectivity index (χ3n) is 2.17. The monoisotopic (exact) mass is 272 g/mol. The van der Waals surface area contributed by atoms with E-state index in [-0.39, 0.29) is 0 Å². The Morgan fingerprint density at radius 2 is 2.13 bits per heavy atom. The second kappa shape index (κ2) is 6.72. The van der Waals surface area contributed by atoms with Gasteiger partial charge in [0.25, 0.3) is 0 Å². The number of unbranched alkanes of at least 4 members (excludes halogenated alkanes) is 1. The molecule has 0 aliphatic carbocycles. The van der Waals surface area contributed by atoms with Crippen LogP contribution in [0.3, 0.4) is 0 Å². The molecule has 0 saturated heterocycles. The number of alkyl halides is 1. The summed E-state index contributed by atoms with van der Waals surface area (Å²) in [5.74, 6) is 1.76. The number of halogens is 1. The standard InChI is InChI=1S/C12H17BrO2/c1-3-4-7-15-12-8-11(14-2)6-5-10(12)9-13/h5-6,8H,3-4,7,9H2,1-2H3. The van der Waals surface area contributed by atoms with Crippen molar-refractivity contribution >= 4 is 15.9 Å². The van der Waals surface area contributed by atoms with E-state index in [0.29, 0.717) is 0 Å². The van der Waals surface area contributed by atoms with Gasteiger partial charge in [0.2, 0.25) is 0 Å². The average Bonchev–Trinajstić information content (AvgIpc) is 2.29. The molecule has 0 aromatic heterocycles. The molecule has 0 amide bonds. The van der Waals surface area contributed by atoms with E-state index in [1.807, 2.05) is 18.2 Å². The van der Waals surface area contributed by atoms with Gasteiger partial charge >= 0.3 is 0 Å². The van der Waals surface area contributed by atoms with Crippen molar-refractivity contribution in [1.29, 1.82) is 0 Å². The number of methoxy groups -OCH3 is 1. The summed E-state index contributed by atoms with van der Waals surface area (Å²) in [6, 6.07) is 5.91. The van der Waals surface area contributed by atoms with Crippen LogP contribution in [0.1, 0.15) is 25.3 Å². The highest BCUT2D eigenvalue weighted by Crippen LogP contribution is 2.26. The molecule has 0 N–H and O–H groups in total. The molecule has 1 rings (SSSR count). The van der Waals surface area contributed by atoms with E-state index in [9.17, 15) is 0 Å². The van der Waals surface area contributed by atoms with E-state index >= 15 is 0 Å². The molecule has 0 unspecified atom stereocenters. The zero-order valence-corrected chi connectivity index (χ0v) is 10.8. The summed E-state index contributed by atoms with van der Waals surface area (Å²) in [5.41, 5.74) is 1.16. The Labute approximate surface area is 99.7 Å². The third kappa shape index (κ3) is 3.74. The fourth-order valence-corrected chi connectivity index (χ4v) is 1.70. The van der Waals surface area contributed by atoms with Gasteiger partial charge in [-0.15, -0.1) is 0 Å². The third-order valence-corrected chi connectivity index (χ3v) is 2.78. The molecular formula is C12H17BrO2. The van der Waals surface area contributed by atoms with Gasteiger partial charge in [0, 0.05) is 17.0 Å². The smallest absolute Gasteiger partial charge is 0.127 e. The van der Waals surface area contributed by atoms with Crippen molar-refractivity contribution < 1.29 is 9.47 Å². The minimum Gasteiger partial charge on any atom is -0.497 e. The van der Waals surface area contributed by atoms with Gasteiger partial charge in [0.15, 0.2) is 0 Å². The average molecular weight is 273 g/mol. The van der Waals surface area contributed by atoms with Gasteiger partial charge in [-0.25, -0.2) is 0 Å². The molecule has 2 nitrogen and oxygen atoms in total. The molecule has 0 saturated carbocycles. The van der Waals surface area contributed by atoms with Crippen LogP contribution < -0.4 is 9.47 Å². The lowest BCUT2D eigenvalue weighted by Crippen LogP contribution is -1.99. The van der Waals surface area contributed by atoms with Crippen molar-refractivity contribution in [2.45, 2.75) is 25.1 Å². The molecule has 0 aliphatic heterocycles. The second-order valence-electron chi connectivity index (χ2n) is 3.31. The van der Waals surface area contributed by atoms with Crippen LogP contribution >= 0.6 is 15.9 Å². The first-order chi connectivity index (χ1) is 7.31. The van der Waals surface area contributed by atoms with Crippen LogP contribution in [0.2, 0.25) is 0 Å². The molecule has 0 fully saturated rings. The zero-order valence-electron chi connectivity index (χ0n) is 9.25. The molecule has 0 aliphatic rings. The van der Waals surface area contributed by atoms with E-state index in [2.05, 4.69) is 22.9 Å². The molecule has 0 heterocycles. The van der Waals surface area contributed by atoms with Gasteiger partial charge in [0.1, 0.15) is 11.5 Å². The van der Waals surface area contributed by atoms with Gasteiger partial charge in [0.05, 0.1) is 13.7 Å². The Bertz CT molecular complexity index is 300. The van der Waals surface area contributed by atoms with Crippen LogP contribution in [0.4, 0.5) is 0 Å². The summed E-state index contributed by atoms with van der Waals surface area (Å²) >= 11 is 3.44. The van der Waals surface area contributed by atoms with Crippen LogP contribution in [0.15, 0.2) is 18.2 Å². The van der Waals surface area contributed by atoms with Gasteiger partial charge in [-0.05, 0) is 12.5 Å². The quantitative estimate of drug-likeness (QED) is 0.580. The topological polar surface area (TPSA) is 18.5 Å². The van der Waals surface area contributed by atoms with Crippen molar-refractivity contribution in [3.8, 4) is 11.5 Å². The maximum atomic E-state index is 5.70. The fraction of sp³-hybridized carbons (Fsp3) is 0.500. The van der Waals surface area contributed by atoms with Gasteiger partial charge in [-0.2, -0.15) is 0 Å². The first-order valence-corrected chi connectivity index (χ1v) is 6.29. The van der Waals surface area contributed by atoms with Crippen molar-refractivity contribution in [2.24, 2.45) is 0 Å². The van der Waals surface area contributed by atoms with Crippen LogP contribution in [-0.2, 0) is 5.33 Å². The van der Waals surface area contributed by atoms with E-state index < -0.39 is 0 Å². The first kappa shape index (κ1) is 12.4. The normalized spacial score (nSPS) is 10.1. The zero-order chi connectivity index (χ0) is 11.1. The minimum absolute atomic E-state index is 0.768. The van der Waals surface area contributed by atoms with Crippen molar-refractivity contribution in [1.82, 2.24) is 0 Å². The summed E-state index contributed by atoms with van der Waals surface area (Å²) in [4.78, 5) is 0. The molecule has 0 bridgehead atoms. The highest BCUT2D eigenvalue weighted by atomic mass is 79.9. The molecule has 84 valence electrons. The second-order valence-corrected chi connectivity index (χ2v) is 3.87. The van der Waals surface area contributed by atoms with Crippen LogP contribution in [-0.4, -0.2) is 13.7 Å². The minimum atomic E-state index is 0.768. The largest absolute Gasteiger partial charge is 0.497 e. The SMILES string of the molecule is CCCCOc1cc(OC)ccc1CBr. The van der Waals surface area contributed by atoms with Crippen LogP contribution in [0.5, 0.6) is 11.5 Å². The van der Waals surface area contributed by atoms with Crippen LogP contribution in [0, 0.1) is 0 Å². The molecule has 0 atom stereocenters. The Hall–Kier alpha value is -0.700. The molecule has 3 heteroatoms. The van der Waals surface area contributed by atoms with E-state index in [0.717, 1.165) is 41.8 Å².